The van der Waals surface area contributed by atoms with Crippen LogP contribution >= 0.6 is 0 Å². The zero-order valence-corrected chi connectivity index (χ0v) is 14.0. The molecule has 0 unspecified atom stereocenters. The number of hydrogen-bond donors (Lipinski definition) is 2. The van der Waals surface area contributed by atoms with Crippen molar-refractivity contribution in [3.63, 3.8) is 0 Å². The van der Waals surface area contributed by atoms with Crippen molar-refractivity contribution in [1.82, 2.24) is 15.2 Å². The third kappa shape index (κ3) is 3.68. The Balaban J connectivity index is 1.82. The van der Waals surface area contributed by atoms with Crippen LogP contribution in [0.25, 0.3) is 0 Å². The molecule has 0 amide bonds. The molecule has 2 aromatic carbocycles. The molecule has 0 fully saturated rings. The van der Waals surface area contributed by atoms with Crippen LogP contribution in [0.3, 0.4) is 0 Å². The van der Waals surface area contributed by atoms with Crippen molar-refractivity contribution >= 4 is 23.1 Å². The molecule has 5 nitrogen and oxygen atoms in total. The summed E-state index contributed by atoms with van der Waals surface area (Å²) in [5.74, 6) is 1.15. The molecule has 0 radical (unpaired) electrons. The molecular weight excluding hydrogens is 298 g/mol. The number of anilines is 4. The molecule has 0 saturated heterocycles. The Labute approximate surface area is 142 Å². The first-order valence-electron chi connectivity index (χ1n) is 8.19. The maximum Gasteiger partial charge on any atom is 0.249 e. The van der Waals surface area contributed by atoms with Gasteiger partial charge in [0.25, 0.3) is 0 Å². The van der Waals surface area contributed by atoms with Crippen molar-refractivity contribution in [3.8, 4) is 0 Å². The topological polar surface area (TPSA) is 62.7 Å². The summed E-state index contributed by atoms with van der Waals surface area (Å²) in [6.45, 7) is 4.26. The highest BCUT2D eigenvalue weighted by molar-refractivity contribution is 5.62. The second-order valence-electron chi connectivity index (χ2n) is 5.44. The quantitative estimate of drug-likeness (QED) is 0.701. The van der Waals surface area contributed by atoms with E-state index in [-0.39, 0.29) is 0 Å². The monoisotopic (exact) mass is 319 g/mol. The molecule has 2 N–H and O–H groups in total. The van der Waals surface area contributed by atoms with E-state index in [0.29, 0.717) is 11.8 Å². The van der Waals surface area contributed by atoms with Gasteiger partial charge in [0.1, 0.15) is 0 Å². The summed E-state index contributed by atoms with van der Waals surface area (Å²) in [5.41, 5.74) is 4.51. The molecule has 0 bridgehead atoms. The smallest absolute Gasteiger partial charge is 0.249 e. The van der Waals surface area contributed by atoms with Gasteiger partial charge in [-0.25, -0.2) is 0 Å². The summed E-state index contributed by atoms with van der Waals surface area (Å²) >= 11 is 0. The molecule has 0 aliphatic carbocycles. The SMILES string of the molecule is CCc1ccccc1Nc1cnnc(Nc2ccccc2CC)n1. The molecule has 3 rings (SSSR count). The van der Waals surface area contributed by atoms with Crippen LogP contribution in [-0.4, -0.2) is 15.2 Å². The van der Waals surface area contributed by atoms with Gasteiger partial charge in [-0.3, -0.25) is 0 Å². The van der Waals surface area contributed by atoms with Crippen LogP contribution in [0, 0.1) is 0 Å². The Kier molecular flexibility index (Phi) is 5.01. The van der Waals surface area contributed by atoms with Gasteiger partial charge in [0.15, 0.2) is 5.82 Å². The Morgan fingerprint density at radius 1 is 0.792 bits per heavy atom. The number of rotatable bonds is 6. The Bertz CT molecular complexity index is 751. The third-order valence-corrected chi connectivity index (χ3v) is 3.86. The van der Waals surface area contributed by atoms with Crippen LogP contribution < -0.4 is 10.6 Å². The number of benzene rings is 2. The Hall–Kier alpha value is -2.95. The molecule has 0 atom stereocenters. The van der Waals surface area contributed by atoms with Crippen molar-refractivity contribution in [3.05, 3.63) is 65.9 Å². The number of aryl methyl sites for hydroxylation is 2. The normalized spacial score (nSPS) is 10.4. The predicted molar refractivity (Wildman–Crippen MR) is 98.0 cm³/mol. The first-order chi connectivity index (χ1) is 11.8. The average molecular weight is 319 g/mol. The number of nitrogens with one attached hydrogen (secondary N) is 2. The van der Waals surface area contributed by atoms with E-state index in [1.165, 1.54) is 11.1 Å². The summed E-state index contributed by atoms with van der Waals surface area (Å²) in [5, 5.41) is 14.7. The molecule has 0 saturated carbocycles. The van der Waals surface area contributed by atoms with Gasteiger partial charge in [-0.2, -0.15) is 10.1 Å². The van der Waals surface area contributed by atoms with Crippen LogP contribution in [-0.2, 0) is 12.8 Å². The fourth-order valence-electron chi connectivity index (χ4n) is 2.58. The molecule has 0 aliphatic heterocycles. The van der Waals surface area contributed by atoms with E-state index in [1.807, 2.05) is 36.4 Å². The van der Waals surface area contributed by atoms with Crippen LogP contribution in [0.4, 0.5) is 23.1 Å². The molecule has 3 aromatic rings. The predicted octanol–water partition coefficient (Wildman–Crippen LogP) is 4.48. The zero-order valence-electron chi connectivity index (χ0n) is 14.0. The molecule has 122 valence electrons. The second-order valence-corrected chi connectivity index (χ2v) is 5.44. The Morgan fingerprint density at radius 2 is 1.38 bits per heavy atom. The lowest BCUT2D eigenvalue weighted by Crippen LogP contribution is -2.04. The molecule has 1 heterocycles. The van der Waals surface area contributed by atoms with Gasteiger partial charge in [0, 0.05) is 11.4 Å². The lowest BCUT2D eigenvalue weighted by molar-refractivity contribution is 0.979. The van der Waals surface area contributed by atoms with E-state index in [1.54, 1.807) is 6.20 Å². The largest absolute Gasteiger partial charge is 0.339 e. The highest BCUT2D eigenvalue weighted by atomic mass is 15.3. The van der Waals surface area contributed by atoms with Crippen molar-refractivity contribution in [1.29, 1.82) is 0 Å². The molecule has 5 heteroatoms. The first kappa shape index (κ1) is 15.9. The van der Waals surface area contributed by atoms with Gasteiger partial charge in [-0.15, -0.1) is 5.10 Å². The van der Waals surface area contributed by atoms with Crippen molar-refractivity contribution in [2.45, 2.75) is 26.7 Å². The van der Waals surface area contributed by atoms with Gasteiger partial charge in [-0.1, -0.05) is 50.2 Å². The number of nitrogens with zero attached hydrogens (tertiary/aromatic N) is 3. The van der Waals surface area contributed by atoms with Crippen LogP contribution in [0.2, 0.25) is 0 Å². The van der Waals surface area contributed by atoms with E-state index in [0.717, 1.165) is 24.2 Å². The number of para-hydroxylation sites is 2. The van der Waals surface area contributed by atoms with Gasteiger partial charge >= 0.3 is 0 Å². The highest BCUT2D eigenvalue weighted by Crippen LogP contribution is 2.22. The molecule has 1 aromatic heterocycles. The maximum atomic E-state index is 4.52. The van der Waals surface area contributed by atoms with E-state index < -0.39 is 0 Å². The molecular formula is C19H21N5. The average Bonchev–Trinajstić information content (AvgIpc) is 2.63. The lowest BCUT2D eigenvalue weighted by Gasteiger charge is -2.12. The summed E-state index contributed by atoms with van der Waals surface area (Å²) < 4.78 is 0. The van der Waals surface area contributed by atoms with Gasteiger partial charge < -0.3 is 10.6 Å². The van der Waals surface area contributed by atoms with Gasteiger partial charge in [0.2, 0.25) is 5.95 Å². The van der Waals surface area contributed by atoms with E-state index >= 15 is 0 Å². The fraction of sp³-hybridized carbons (Fsp3) is 0.211. The standard InChI is InChI=1S/C19H21N5/c1-3-14-9-5-7-11-16(14)21-18-13-20-24-19(23-18)22-17-12-8-6-10-15(17)4-2/h5-13H,3-4H2,1-2H3,(H2,21,22,23,24). The Morgan fingerprint density at radius 3 is 2.00 bits per heavy atom. The second kappa shape index (κ2) is 7.55. The van der Waals surface area contributed by atoms with Crippen molar-refractivity contribution in [2.75, 3.05) is 10.6 Å². The van der Waals surface area contributed by atoms with Crippen molar-refractivity contribution in [2.24, 2.45) is 0 Å². The lowest BCUT2D eigenvalue weighted by atomic mass is 10.1. The molecule has 24 heavy (non-hydrogen) atoms. The third-order valence-electron chi connectivity index (χ3n) is 3.86. The van der Waals surface area contributed by atoms with Gasteiger partial charge in [0.05, 0.1) is 6.20 Å². The van der Waals surface area contributed by atoms with E-state index in [4.69, 9.17) is 0 Å². The maximum absolute atomic E-state index is 4.52. The van der Waals surface area contributed by atoms with Crippen LogP contribution in [0.15, 0.2) is 54.7 Å². The minimum Gasteiger partial charge on any atom is -0.339 e. The first-order valence-corrected chi connectivity index (χ1v) is 8.19. The van der Waals surface area contributed by atoms with Crippen LogP contribution in [0.1, 0.15) is 25.0 Å². The minimum atomic E-state index is 0.481. The fourth-order valence-corrected chi connectivity index (χ4v) is 2.58. The van der Waals surface area contributed by atoms with Crippen molar-refractivity contribution < 1.29 is 0 Å². The number of aromatic nitrogens is 3. The molecule has 0 aliphatic rings. The summed E-state index contributed by atoms with van der Waals surface area (Å²) in [7, 11) is 0. The van der Waals surface area contributed by atoms with E-state index in [9.17, 15) is 0 Å². The van der Waals surface area contributed by atoms with Crippen LogP contribution in [0.5, 0.6) is 0 Å². The zero-order chi connectivity index (χ0) is 16.8. The summed E-state index contributed by atoms with van der Waals surface area (Å²) in [6.07, 6.45) is 3.53. The summed E-state index contributed by atoms with van der Waals surface area (Å²) in [6, 6.07) is 16.3. The highest BCUT2D eigenvalue weighted by Gasteiger charge is 2.06. The number of hydrogen-bond acceptors (Lipinski definition) is 5. The minimum absolute atomic E-state index is 0.481. The summed E-state index contributed by atoms with van der Waals surface area (Å²) in [4.78, 5) is 4.52. The molecule has 0 spiro atoms. The van der Waals surface area contributed by atoms with E-state index in [2.05, 4.69) is 51.8 Å². The van der Waals surface area contributed by atoms with Gasteiger partial charge in [-0.05, 0) is 36.1 Å².